The van der Waals surface area contributed by atoms with E-state index in [1.165, 1.54) is 0 Å². The molecule has 2 aromatic rings. The number of rotatable bonds is 2. The minimum Gasteiger partial charge on any atom is -0.317 e. The number of nitrogens with one attached hydrogen (secondary N) is 1. The molecule has 0 fully saturated rings. The summed E-state index contributed by atoms with van der Waals surface area (Å²) in [5.74, 6) is 0.998. The molecule has 6 heteroatoms. The molecule has 1 aromatic heterocycles. The van der Waals surface area contributed by atoms with Crippen LogP contribution < -0.4 is 10.2 Å². The quantitative estimate of drug-likeness (QED) is 0.861. The second kappa shape index (κ2) is 4.83. The number of aromatic nitrogens is 2. The molecule has 0 amide bonds. The number of anilines is 2. The monoisotopic (exact) mass is 292 g/mol. The highest BCUT2D eigenvalue weighted by molar-refractivity contribution is 7.80. The van der Waals surface area contributed by atoms with Crippen molar-refractivity contribution in [3.05, 3.63) is 41.3 Å². The summed E-state index contributed by atoms with van der Waals surface area (Å²) < 4.78 is 2.06. The molecule has 1 aromatic carbocycles. The number of benzene rings is 1. The zero-order valence-electron chi connectivity index (χ0n) is 10.4. The molecule has 1 aliphatic heterocycles. The summed E-state index contributed by atoms with van der Waals surface area (Å²) in [6.45, 7) is 3.63. The van der Waals surface area contributed by atoms with Crippen molar-refractivity contribution in [2.75, 3.05) is 10.2 Å². The number of halogens is 1. The number of fused-ring (bicyclic) bond motifs is 1. The fourth-order valence-electron chi connectivity index (χ4n) is 2.14. The van der Waals surface area contributed by atoms with Gasteiger partial charge < -0.3 is 14.8 Å². The number of imidazole rings is 1. The molecule has 0 spiro atoms. The fourth-order valence-corrected chi connectivity index (χ4v) is 2.54. The number of aryl methyl sites for hydroxylation is 1. The molecule has 0 saturated heterocycles. The van der Waals surface area contributed by atoms with Crippen LogP contribution in [0.2, 0.25) is 5.02 Å². The van der Waals surface area contributed by atoms with E-state index in [0.29, 0.717) is 11.7 Å². The lowest BCUT2D eigenvalue weighted by molar-refractivity contribution is 0.767. The lowest BCUT2D eigenvalue weighted by Crippen LogP contribution is -2.39. The number of hydrogen-bond acceptors (Lipinski definition) is 2. The summed E-state index contributed by atoms with van der Waals surface area (Å²) in [6.07, 6.45) is 1.84. The van der Waals surface area contributed by atoms with E-state index < -0.39 is 0 Å². The zero-order valence-corrected chi connectivity index (χ0v) is 12.0. The van der Waals surface area contributed by atoms with Crippen LogP contribution in [0.15, 0.2) is 30.6 Å². The molecule has 0 saturated carbocycles. The maximum Gasteiger partial charge on any atom is 0.179 e. The van der Waals surface area contributed by atoms with Gasteiger partial charge in [0.05, 0.1) is 12.9 Å². The molecule has 3 rings (SSSR count). The van der Waals surface area contributed by atoms with Gasteiger partial charge in [-0.1, -0.05) is 11.6 Å². The average Bonchev–Trinajstić information content (AvgIpc) is 2.81. The third-order valence-electron chi connectivity index (χ3n) is 3.17. The van der Waals surface area contributed by atoms with Gasteiger partial charge in [0.15, 0.2) is 5.11 Å². The Hall–Kier alpha value is -1.59. The Bertz CT molecular complexity index is 620. The van der Waals surface area contributed by atoms with Crippen molar-refractivity contribution in [3.63, 3.8) is 0 Å². The summed E-state index contributed by atoms with van der Waals surface area (Å²) in [5.41, 5.74) is 2.02. The Kier molecular flexibility index (Phi) is 3.16. The van der Waals surface area contributed by atoms with Gasteiger partial charge >= 0.3 is 0 Å². The Morgan fingerprint density at radius 1 is 1.37 bits per heavy atom. The van der Waals surface area contributed by atoms with Crippen molar-refractivity contribution < 1.29 is 0 Å². The molecule has 0 atom stereocenters. The summed E-state index contributed by atoms with van der Waals surface area (Å²) in [6, 6.07) is 7.63. The first-order valence-electron chi connectivity index (χ1n) is 6.07. The van der Waals surface area contributed by atoms with Crippen molar-refractivity contribution in [1.82, 2.24) is 9.55 Å². The van der Waals surface area contributed by atoms with E-state index >= 15 is 0 Å². The maximum atomic E-state index is 5.91. The summed E-state index contributed by atoms with van der Waals surface area (Å²) >= 11 is 11.3. The maximum absolute atomic E-state index is 5.91. The van der Waals surface area contributed by atoms with E-state index in [1.807, 2.05) is 35.5 Å². The van der Waals surface area contributed by atoms with Crippen LogP contribution in [0.1, 0.15) is 12.6 Å². The topological polar surface area (TPSA) is 33.1 Å². The number of nitrogens with zero attached hydrogens (tertiary/aromatic N) is 3. The van der Waals surface area contributed by atoms with Crippen molar-refractivity contribution in [1.29, 1.82) is 0 Å². The van der Waals surface area contributed by atoms with E-state index in [2.05, 4.69) is 21.8 Å². The van der Waals surface area contributed by atoms with Crippen molar-refractivity contribution in [3.8, 4) is 0 Å². The van der Waals surface area contributed by atoms with Crippen LogP contribution in [0, 0.1) is 0 Å². The Labute approximate surface area is 122 Å². The molecule has 2 heterocycles. The van der Waals surface area contributed by atoms with Gasteiger partial charge in [-0.2, -0.15) is 0 Å². The largest absolute Gasteiger partial charge is 0.317 e. The number of hydrogen-bond donors (Lipinski definition) is 1. The molecule has 0 radical (unpaired) electrons. The van der Waals surface area contributed by atoms with Crippen molar-refractivity contribution >= 4 is 40.4 Å². The third kappa shape index (κ3) is 2.19. The molecular formula is C13H13ClN4S. The van der Waals surface area contributed by atoms with E-state index in [1.54, 1.807) is 0 Å². The SMILES string of the molecule is CCn1cnc2c1NC(=S)N(c1ccc(Cl)cc1)C2. The first-order valence-corrected chi connectivity index (χ1v) is 6.85. The summed E-state index contributed by atoms with van der Waals surface area (Å²) in [5, 5.41) is 4.65. The van der Waals surface area contributed by atoms with Gasteiger partial charge in [-0.3, -0.25) is 0 Å². The number of thiocarbonyl (C=S) groups is 1. The van der Waals surface area contributed by atoms with Crippen molar-refractivity contribution in [2.24, 2.45) is 0 Å². The van der Waals surface area contributed by atoms with Gasteiger partial charge in [0.25, 0.3) is 0 Å². The van der Waals surface area contributed by atoms with E-state index in [0.717, 1.165) is 28.8 Å². The summed E-state index contributed by atoms with van der Waals surface area (Å²) in [4.78, 5) is 6.44. The van der Waals surface area contributed by atoms with E-state index in [4.69, 9.17) is 23.8 Å². The van der Waals surface area contributed by atoms with Crippen LogP contribution in [0.4, 0.5) is 11.5 Å². The van der Waals surface area contributed by atoms with Crippen LogP contribution in [-0.4, -0.2) is 14.7 Å². The second-order valence-electron chi connectivity index (χ2n) is 4.32. The molecule has 0 bridgehead atoms. The standard InChI is InChI=1S/C13H13ClN4S/c1-2-17-8-15-11-7-18(13(19)16-12(11)17)10-5-3-9(14)4-6-10/h3-6,8H,2,7H2,1H3,(H,16,19). The Morgan fingerprint density at radius 2 is 2.11 bits per heavy atom. The molecule has 4 nitrogen and oxygen atoms in total. The van der Waals surface area contributed by atoms with Crippen LogP contribution in [-0.2, 0) is 13.1 Å². The molecule has 0 aliphatic carbocycles. The highest BCUT2D eigenvalue weighted by atomic mass is 35.5. The highest BCUT2D eigenvalue weighted by Crippen LogP contribution is 2.27. The van der Waals surface area contributed by atoms with Crippen LogP contribution in [0.25, 0.3) is 0 Å². The molecular weight excluding hydrogens is 280 g/mol. The van der Waals surface area contributed by atoms with Gasteiger partial charge in [0, 0.05) is 17.3 Å². The lowest BCUT2D eigenvalue weighted by Gasteiger charge is -2.30. The van der Waals surface area contributed by atoms with Gasteiger partial charge in [-0.15, -0.1) is 0 Å². The first kappa shape index (κ1) is 12.4. The predicted molar refractivity (Wildman–Crippen MR) is 81.8 cm³/mol. The first-order chi connectivity index (χ1) is 9.19. The smallest absolute Gasteiger partial charge is 0.179 e. The zero-order chi connectivity index (χ0) is 13.4. The minimum atomic E-state index is 0.676. The third-order valence-corrected chi connectivity index (χ3v) is 3.75. The molecule has 1 N–H and O–H groups in total. The van der Waals surface area contributed by atoms with Gasteiger partial charge in [-0.25, -0.2) is 4.98 Å². The summed E-state index contributed by atoms with van der Waals surface area (Å²) in [7, 11) is 0. The lowest BCUT2D eigenvalue weighted by atomic mass is 10.2. The normalized spacial score (nSPS) is 14.2. The van der Waals surface area contributed by atoms with Crippen LogP contribution >= 0.6 is 23.8 Å². The van der Waals surface area contributed by atoms with E-state index in [9.17, 15) is 0 Å². The van der Waals surface area contributed by atoms with Gasteiger partial charge in [0.2, 0.25) is 0 Å². The highest BCUT2D eigenvalue weighted by Gasteiger charge is 2.24. The Morgan fingerprint density at radius 3 is 2.79 bits per heavy atom. The molecule has 0 unspecified atom stereocenters. The van der Waals surface area contributed by atoms with Gasteiger partial charge in [-0.05, 0) is 43.4 Å². The molecule has 1 aliphatic rings. The second-order valence-corrected chi connectivity index (χ2v) is 5.14. The Balaban J connectivity index is 1.94. The van der Waals surface area contributed by atoms with Crippen molar-refractivity contribution in [2.45, 2.75) is 20.0 Å². The molecule has 98 valence electrons. The molecule has 19 heavy (non-hydrogen) atoms. The van der Waals surface area contributed by atoms with Gasteiger partial charge in [0.1, 0.15) is 11.5 Å². The predicted octanol–water partition coefficient (Wildman–Crippen LogP) is 3.27. The minimum absolute atomic E-state index is 0.676. The average molecular weight is 293 g/mol. The fraction of sp³-hybridized carbons (Fsp3) is 0.231. The van der Waals surface area contributed by atoms with E-state index in [-0.39, 0.29) is 0 Å². The van der Waals surface area contributed by atoms with Crippen LogP contribution in [0.5, 0.6) is 0 Å². The van der Waals surface area contributed by atoms with Crippen LogP contribution in [0.3, 0.4) is 0 Å².